The van der Waals surface area contributed by atoms with Crippen LogP contribution in [-0.4, -0.2) is 74.5 Å². The molecular weight excluding hydrogens is 467 g/mol. The Labute approximate surface area is 186 Å². The van der Waals surface area contributed by atoms with Crippen LogP contribution in [0.25, 0.3) is 0 Å². The summed E-state index contributed by atoms with van der Waals surface area (Å²) in [5.74, 6) is 0.397. The number of halogens is 1. The van der Waals surface area contributed by atoms with E-state index < -0.39 is 0 Å². The van der Waals surface area contributed by atoms with Gasteiger partial charge in [0, 0.05) is 31.2 Å². The van der Waals surface area contributed by atoms with E-state index in [4.69, 9.17) is 5.73 Å². The summed E-state index contributed by atoms with van der Waals surface area (Å²) in [5.41, 5.74) is 7.63. The van der Waals surface area contributed by atoms with Crippen LogP contribution in [0.1, 0.15) is 35.7 Å². The Bertz CT molecular complexity index is 637. The van der Waals surface area contributed by atoms with Crippen molar-refractivity contribution in [1.29, 1.82) is 0 Å². The number of carbonyl (C=O) groups is 1. The number of aliphatic imine (C=N–C) groups is 1. The standard InChI is InChI=1S/C20H34N6O.HI/c1-4-26-11-6-9-18(26)15-24-20(21)23-14-16-7-5-8-17(13-16)19(27)22-10-12-25(2)3;/h5,7-8,13,18H,4,6,9-12,14-15H2,1-3H3,(H,22,27)(H3,21,23,24);1H. The Morgan fingerprint density at radius 3 is 2.86 bits per heavy atom. The van der Waals surface area contributed by atoms with Crippen molar-refractivity contribution in [2.45, 2.75) is 32.4 Å². The van der Waals surface area contributed by atoms with E-state index in [0.717, 1.165) is 25.2 Å². The van der Waals surface area contributed by atoms with Gasteiger partial charge in [0.2, 0.25) is 0 Å². The van der Waals surface area contributed by atoms with Gasteiger partial charge in [-0.2, -0.15) is 0 Å². The molecule has 2 rings (SSSR count). The molecule has 0 radical (unpaired) electrons. The molecule has 4 N–H and O–H groups in total. The van der Waals surface area contributed by atoms with E-state index in [9.17, 15) is 4.79 Å². The predicted octanol–water partition coefficient (Wildman–Crippen LogP) is 1.48. The van der Waals surface area contributed by atoms with Crippen LogP contribution >= 0.6 is 24.0 Å². The topological polar surface area (TPSA) is 86.0 Å². The smallest absolute Gasteiger partial charge is 0.251 e. The number of nitrogens with zero attached hydrogens (tertiary/aromatic N) is 3. The van der Waals surface area contributed by atoms with E-state index in [2.05, 4.69) is 27.4 Å². The highest BCUT2D eigenvalue weighted by molar-refractivity contribution is 14.0. The number of likely N-dealkylation sites (N-methyl/N-ethyl adjacent to an activating group) is 2. The first kappa shape index (κ1) is 24.6. The van der Waals surface area contributed by atoms with Crippen molar-refractivity contribution in [3.8, 4) is 0 Å². The second-order valence-corrected chi connectivity index (χ2v) is 7.27. The van der Waals surface area contributed by atoms with Crippen molar-refractivity contribution in [3.63, 3.8) is 0 Å². The highest BCUT2D eigenvalue weighted by Crippen LogP contribution is 2.15. The summed E-state index contributed by atoms with van der Waals surface area (Å²) in [4.78, 5) is 21.1. The Morgan fingerprint density at radius 2 is 2.14 bits per heavy atom. The van der Waals surface area contributed by atoms with Crippen molar-refractivity contribution in [1.82, 2.24) is 20.4 Å². The van der Waals surface area contributed by atoms with Crippen LogP contribution in [-0.2, 0) is 6.54 Å². The minimum atomic E-state index is -0.0605. The summed E-state index contributed by atoms with van der Waals surface area (Å²) < 4.78 is 0. The summed E-state index contributed by atoms with van der Waals surface area (Å²) in [6, 6.07) is 8.07. The van der Waals surface area contributed by atoms with Gasteiger partial charge < -0.3 is 21.3 Å². The molecule has 1 aromatic carbocycles. The SMILES string of the molecule is CCN1CCCC1CNC(N)=NCc1cccc(C(=O)NCCN(C)C)c1.I. The van der Waals surface area contributed by atoms with Gasteiger partial charge in [-0.1, -0.05) is 19.1 Å². The van der Waals surface area contributed by atoms with E-state index in [1.54, 1.807) is 0 Å². The summed E-state index contributed by atoms with van der Waals surface area (Å²) in [6.45, 7) is 7.17. The summed E-state index contributed by atoms with van der Waals surface area (Å²) in [7, 11) is 3.96. The highest BCUT2D eigenvalue weighted by Gasteiger charge is 2.22. The summed E-state index contributed by atoms with van der Waals surface area (Å²) in [6.07, 6.45) is 2.46. The third-order valence-electron chi connectivity index (χ3n) is 4.89. The number of hydrogen-bond donors (Lipinski definition) is 3. The lowest BCUT2D eigenvalue weighted by molar-refractivity contribution is 0.0951. The van der Waals surface area contributed by atoms with Crippen LogP contribution in [0.5, 0.6) is 0 Å². The molecule has 1 aromatic rings. The fraction of sp³-hybridized carbons (Fsp3) is 0.600. The molecule has 1 aliphatic heterocycles. The zero-order valence-electron chi connectivity index (χ0n) is 17.3. The van der Waals surface area contributed by atoms with Crippen molar-refractivity contribution in [2.24, 2.45) is 10.7 Å². The molecule has 1 heterocycles. The zero-order valence-corrected chi connectivity index (χ0v) is 19.6. The first-order chi connectivity index (χ1) is 13.0. The first-order valence-electron chi connectivity index (χ1n) is 9.79. The fourth-order valence-electron chi connectivity index (χ4n) is 3.30. The molecule has 1 amide bonds. The van der Waals surface area contributed by atoms with Crippen LogP contribution in [0.4, 0.5) is 0 Å². The molecule has 7 nitrogen and oxygen atoms in total. The van der Waals surface area contributed by atoms with E-state index in [1.165, 1.54) is 19.4 Å². The zero-order chi connectivity index (χ0) is 19.6. The Morgan fingerprint density at radius 1 is 1.36 bits per heavy atom. The second kappa shape index (κ2) is 12.9. The Kier molecular flexibility index (Phi) is 11.4. The van der Waals surface area contributed by atoms with Crippen LogP contribution in [0.2, 0.25) is 0 Å². The van der Waals surface area contributed by atoms with Crippen LogP contribution in [0.15, 0.2) is 29.3 Å². The van der Waals surface area contributed by atoms with Gasteiger partial charge in [0.05, 0.1) is 6.54 Å². The first-order valence-corrected chi connectivity index (χ1v) is 9.79. The van der Waals surface area contributed by atoms with E-state index in [0.29, 0.717) is 30.7 Å². The quantitative estimate of drug-likeness (QED) is 0.271. The minimum Gasteiger partial charge on any atom is -0.370 e. The monoisotopic (exact) mass is 502 g/mol. The molecule has 0 bridgehead atoms. The van der Waals surface area contributed by atoms with E-state index in [1.807, 2.05) is 43.3 Å². The van der Waals surface area contributed by atoms with Crippen molar-refractivity contribution in [3.05, 3.63) is 35.4 Å². The third-order valence-corrected chi connectivity index (χ3v) is 4.89. The number of likely N-dealkylation sites (tertiary alicyclic amines) is 1. The maximum absolute atomic E-state index is 12.2. The average molecular weight is 502 g/mol. The molecule has 0 aliphatic carbocycles. The molecular formula is C20H35IN6O. The van der Waals surface area contributed by atoms with Gasteiger partial charge in [-0.05, 0) is 57.7 Å². The largest absolute Gasteiger partial charge is 0.370 e. The lowest BCUT2D eigenvalue weighted by atomic mass is 10.1. The van der Waals surface area contributed by atoms with E-state index in [-0.39, 0.29) is 29.9 Å². The highest BCUT2D eigenvalue weighted by atomic mass is 127. The molecule has 1 fully saturated rings. The lowest BCUT2D eigenvalue weighted by Crippen LogP contribution is -2.42. The average Bonchev–Trinajstić information content (AvgIpc) is 3.12. The molecule has 1 atom stereocenters. The molecule has 1 saturated heterocycles. The van der Waals surface area contributed by atoms with E-state index >= 15 is 0 Å². The van der Waals surface area contributed by atoms with Gasteiger partial charge in [-0.25, -0.2) is 4.99 Å². The van der Waals surface area contributed by atoms with Crippen molar-refractivity contribution < 1.29 is 4.79 Å². The Hall–Kier alpha value is -1.39. The molecule has 0 aromatic heterocycles. The Balaban J connectivity index is 0.00000392. The summed E-state index contributed by atoms with van der Waals surface area (Å²) >= 11 is 0. The number of guanidine groups is 1. The van der Waals surface area contributed by atoms with Crippen molar-refractivity contribution in [2.75, 3.05) is 46.8 Å². The number of carbonyl (C=O) groups excluding carboxylic acids is 1. The number of amides is 1. The van der Waals surface area contributed by atoms with Gasteiger partial charge in [0.1, 0.15) is 0 Å². The molecule has 28 heavy (non-hydrogen) atoms. The van der Waals surface area contributed by atoms with Gasteiger partial charge in [0.15, 0.2) is 5.96 Å². The summed E-state index contributed by atoms with van der Waals surface area (Å²) in [5, 5.41) is 6.16. The normalized spacial score (nSPS) is 17.4. The fourth-order valence-corrected chi connectivity index (χ4v) is 3.30. The van der Waals surface area contributed by atoms with Gasteiger partial charge >= 0.3 is 0 Å². The third kappa shape index (κ3) is 8.32. The van der Waals surface area contributed by atoms with Crippen LogP contribution in [0, 0.1) is 0 Å². The molecule has 0 spiro atoms. The molecule has 158 valence electrons. The predicted molar refractivity (Wildman–Crippen MR) is 126 cm³/mol. The molecule has 1 unspecified atom stereocenters. The maximum Gasteiger partial charge on any atom is 0.251 e. The number of hydrogen-bond acceptors (Lipinski definition) is 4. The molecule has 8 heteroatoms. The maximum atomic E-state index is 12.2. The van der Waals surface area contributed by atoms with Gasteiger partial charge in [0.25, 0.3) is 5.91 Å². The number of rotatable bonds is 9. The number of nitrogens with one attached hydrogen (secondary N) is 2. The van der Waals surface area contributed by atoms with Crippen LogP contribution < -0.4 is 16.4 Å². The van der Waals surface area contributed by atoms with Gasteiger partial charge in [-0.15, -0.1) is 24.0 Å². The number of benzene rings is 1. The molecule has 0 saturated carbocycles. The van der Waals surface area contributed by atoms with Crippen LogP contribution in [0.3, 0.4) is 0 Å². The number of nitrogens with two attached hydrogens (primary N) is 1. The van der Waals surface area contributed by atoms with Crippen molar-refractivity contribution >= 4 is 35.8 Å². The second-order valence-electron chi connectivity index (χ2n) is 7.27. The minimum absolute atomic E-state index is 0. The lowest BCUT2D eigenvalue weighted by Gasteiger charge is -2.23. The molecule has 1 aliphatic rings. The van der Waals surface area contributed by atoms with Gasteiger partial charge in [-0.3, -0.25) is 9.69 Å².